The molecule has 3 aromatic rings. The van der Waals surface area contributed by atoms with Gasteiger partial charge >= 0.3 is 17.9 Å². The van der Waals surface area contributed by atoms with Crippen molar-refractivity contribution in [1.82, 2.24) is 9.88 Å². The summed E-state index contributed by atoms with van der Waals surface area (Å²) in [6.45, 7) is 1.96. The Kier molecular flexibility index (Phi) is 10.9. The van der Waals surface area contributed by atoms with Crippen LogP contribution in [0.15, 0.2) is 51.7 Å². The van der Waals surface area contributed by atoms with Crippen LogP contribution in [0, 0.1) is 11.3 Å². The summed E-state index contributed by atoms with van der Waals surface area (Å²) in [4.78, 5) is 33.8. The van der Waals surface area contributed by atoms with E-state index in [9.17, 15) is 28.0 Å². The van der Waals surface area contributed by atoms with Gasteiger partial charge in [0.15, 0.2) is 5.58 Å². The number of nitrogens with zero attached hydrogens (tertiary/aromatic N) is 2. The van der Waals surface area contributed by atoms with Gasteiger partial charge in [0.05, 0.1) is 17.1 Å². The number of benzene rings is 2. The van der Waals surface area contributed by atoms with Crippen LogP contribution < -0.4 is 16.8 Å². The minimum Gasteiger partial charge on any atom is -0.475 e. The normalized spacial score (nSPS) is 15.2. The molecule has 0 radical (unpaired) electrons. The lowest BCUT2D eigenvalue weighted by atomic mass is 9.90. The van der Waals surface area contributed by atoms with Crippen LogP contribution in [0.2, 0.25) is 0 Å². The molecular formula is C28H31F3N4O7. The average molecular weight is 593 g/mol. The number of carboxylic acid groups (broad SMARTS) is 1. The van der Waals surface area contributed by atoms with Crippen molar-refractivity contribution in [3.8, 4) is 17.2 Å². The van der Waals surface area contributed by atoms with Crippen molar-refractivity contribution in [3.05, 3.63) is 58.6 Å². The summed E-state index contributed by atoms with van der Waals surface area (Å²) in [6, 6.07) is 14.9. The molecule has 226 valence electrons. The number of nitrogens with one attached hydrogen (secondary N) is 1. The third kappa shape index (κ3) is 8.41. The van der Waals surface area contributed by atoms with Crippen LogP contribution in [0.3, 0.4) is 0 Å². The number of carboxylic acids is 1. The van der Waals surface area contributed by atoms with E-state index < -0.39 is 23.7 Å². The number of aromatic nitrogens is 1. The summed E-state index contributed by atoms with van der Waals surface area (Å²) in [7, 11) is 1.63. The number of alkyl halides is 3. The van der Waals surface area contributed by atoms with Crippen LogP contribution in [-0.2, 0) is 32.0 Å². The maximum Gasteiger partial charge on any atom is 0.490 e. The number of nitrogens with two attached hydrogens (primary N) is 1. The van der Waals surface area contributed by atoms with Crippen LogP contribution in [0.5, 0.6) is 0 Å². The predicted molar refractivity (Wildman–Crippen MR) is 144 cm³/mol. The topological polar surface area (TPSA) is 170 Å². The Morgan fingerprint density at radius 3 is 2.38 bits per heavy atom. The fourth-order valence-electron chi connectivity index (χ4n) is 4.28. The highest BCUT2D eigenvalue weighted by Gasteiger charge is 2.38. The monoisotopic (exact) mass is 592 g/mol. The second-order valence-electron chi connectivity index (χ2n) is 9.68. The predicted octanol–water partition coefficient (Wildman–Crippen LogP) is 2.99. The average Bonchev–Trinajstić information content (AvgIpc) is 3.27. The highest BCUT2D eigenvalue weighted by atomic mass is 19.4. The van der Waals surface area contributed by atoms with Crippen LogP contribution in [-0.4, -0.2) is 66.2 Å². The molecule has 1 atom stereocenters. The SMILES string of the molecule is COCCCn1c(=O)oc2ccc(-c3ccc(C[C@@H](C#N)NC(=O)C4(N)CCOCC4)cc3)cc21.O=C(O)C(F)(F)F. The van der Waals surface area contributed by atoms with Gasteiger partial charge in [0.1, 0.15) is 6.04 Å². The van der Waals surface area contributed by atoms with Gasteiger partial charge in [-0.05, 0) is 48.1 Å². The second-order valence-corrected chi connectivity index (χ2v) is 9.68. The molecular weight excluding hydrogens is 561 g/mol. The first kappa shape index (κ1) is 32.3. The fourth-order valence-corrected chi connectivity index (χ4v) is 4.28. The molecule has 0 unspecified atom stereocenters. The number of carbonyl (C=O) groups is 2. The first-order valence-electron chi connectivity index (χ1n) is 13.0. The Bertz CT molecular complexity index is 1470. The van der Waals surface area contributed by atoms with Crippen molar-refractivity contribution in [3.63, 3.8) is 0 Å². The maximum atomic E-state index is 12.7. The molecule has 0 bridgehead atoms. The molecule has 1 amide bonds. The molecule has 0 aliphatic carbocycles. The van der Waals surface area contributed by atoms with Gasteiger partial charge in [-0.2, -0.15) is 18.4 Å². The summed E-state index contributed by atoms with van der Waals surface area (Å²) in [5.41, 5.74) is 9.35. The van der Waals surface area contributed by atoms with Gasteiger partial charge in [0, 0.05) is 39.9 Å². The summed E-state index contributed by atoms with van der Waals surface area (Å²) >= 11 is 0. The van der Waals surface area contributed by atoms with Gasteiger partial charge in [0.2, 0.25) is 5.91 Å². The van der Waals surface area contributed by atoms with Gasteiger partial charge in [0.25, 0.3) is 0 Å². The second kappa shape index (κ2) is 14.1. The van der Waals surface area contributed by atoms with Crippen molar-refractivity contribution < 1.29 is 41.8 Å². The quantitative estimate of drug-likeness (QED) is 0.316. The number of fused-ring (bicyclic) bond motifs is 1. The molecule has 1 aliphatic heterocycles. The van der Waals surface area contributed by atoms with Gasteiger partial charge in [-0.1, -0.05) is 30.3 Å². The Morgan fingerprint density at radius 1 is 1.19 bits per heavy atom. The van der Waals surface area contributed by atoms with E-state index in [2.05, 4.69) is 11.4 Å². The summed E-state index contributed by atoms with van der Waals surface area (Å²) in [5.74, 6) is -3.45. The van der Waals surface area contributed by atoms with Gasteiger partial charge in [-0.3, -0.25) is 9.36 Å². The first-order valence-corrected chi connectivity index (χ1v) is 13.0. The number of methoxy groups -OCH3 is 1. The summed E-state index contributed by atoms with van der Waals surface area (Å²) in [6.07, 6.45) is -3.13. The molecule has 0 spiro atoms. The zero-order valence-corrected chi connectivity index (χ0v) is 22.8. The molecule has 11 nitrogen and oxygen atoms in total. The number of hydrogen-bond acceptors (Lipinski definition) is 8. The van der Waals surface area contributed by atoms with Crippen molar-refractivity contribution in [2.75, 3.05) is 26.9 Å². The van der Waals surface area contributed by atoms with Crippen LogP contribution in [0.1, 0.15) is 24.8 Å². The lowest BCUT2D eigenvalue weighted by molar-refractivity contribution is -0.192. The van der Waals surface area contributed by atoms with Crippen molar-refractivity contribution in [1.29, 1.82) is 5.26 Å². The van der Waals surface area contributed by atoms with E-state index in [0.717, 1.165) is 22.2 Å². The summed E-state index contributed by atoms with van der Waals surface area (Å²) in [5, 5.41) is 19.5. The lowest BCUT2D eigenvalue weighted by Crippen LogP contribution is -2.58. The van der Waals surface area contributed by atoms with E-state index in [1.807, 2.05) is 36.4 Å². The van der Waals surface area contributed by atoms with Crippen LogP contribution in [0.25, 0.3) is 22.2 Å². The number of amides is 1. The molecule has 1 fully saturated rings. The Hall–Kier alpha value is -4.19. The molecule has 2 aromatic carbocycles. The molecule has 1 aromatic heterocycles. The van der Waals surface area contributed by atoms with Gasteiger partial charge in [-0.15, -0.1) is 0 Å². The Balaban J connectivity index is 0.000000616. The number of carbonyl (C=O) groups excluding carboxylic acids is 1. The van der Waals surface area contributed by atoms with Crippen molar-refractivity contribution in [2.24, 2.45) is 5.73 Å². The van der Waals surface area contributed by atoms with E-state index in [1.54, 1.807) is 17.7 Å². The standard InChI is InChI=1S/C26H30N4O5.C2HF3O2/c1-33-12-2-11-30-22-16-20(7-8-23(22)35-25(30)32)19-5-3-18(4-6-19)15-21(17-27)29-24(31)26(28)9-13-34-14-10-26;3-2(4,5)1(6)7/h3-8,16,21H,2,9-15,28H2,1H3,(H,29,31);(H,6,7)/t21-;/m0./s1. The first-order chi connectivity index (χ1) is 19.9. The zero-order valence-electron chi connectivity index (χ0n) is 22.8. The Morgan fingerprint density at radius 2 is 1.81 bits per heavy atom. The molecule has 1 saturated heterocycles. The van der Waals surface area contributed by atoms with E-state index in [0.29, 0.717) is 57.6 Å². The number of ether oxygens (including phenoxy) is 2. The van der Waals surface area contributed by atoms with E-state index >= 15 is 0 Å². The Labute approximate surface area is 238 Å². The van der Waals surface area contributed by atoms with E-state index in [-0.39, 0.29) is 11.7 Å². The highest BCUT2D eigenvalue weighted by Crippen LogP contribution is 2.25. The molecule has 42 heavy (non-hydrogen) atoms. The number of aliphatic carboxylic acids is 1. The van der Waals surface area contributed by atoms with Crippen molar-refractivity contribution in [2.45, 2.75) is 50.0 Å². The van der Waals surface area contributed by atoms with Gasteiger partial charge < -0.3 is 30.0 Å². The molecule has 14 heteroatoms. The molecule has 4 N–H and O–H groups in total. The van der Waals surface area contributed by atoms with E-state index in [4.69, 9.17) is 29.5 Å². The summed E-state index contributed by atoms with van der Waals surface area (Å²) < 4.78 is 49.1. The lowest BCUT2D eigenvalue weighted by Gasteiger charge is -2.32. The minimum absolute atomic E-state index is 0.311. The third-order valence-corrected chi connectivity index (χ3v) is 6.67. The third-order valence-electron chi connectivity index (χ3n) is 6.67. The number of halogens is 3. The zero-order chi connectivity index (χ0) is 30.9. The largest absolute Gasteiger partial charge is 0.490 e. The highest BCUT2D eigenvalue weighted by molar-refractivity contribution is 5.86. The molecule has 4 rings (SSSR count). The number of aryl methyl sites for hydroxylation is 1. The number of rotatable bonds is 9. The number of oxazole rings is 1. The minimum atomic E-state index is -5.08. The fraction of sp³-hybridized carbons (Fsp3) is 0.429. The molecule has 2 heterocycles. The smallest absolute Gasteiger partial charge is 0.475 e. The number of hydrogen-bond donors (Lipinski definition) is 3. The maximum absolute atomic E-state index is 12.7. The molecule has 1 aliphatic rings. The van der Waals surface area contributed by atoms with Gasteiger partial charge in [-0.25, -0.2) is 9.59 Å². The van der Waals surface area contributed by atoms with Crippen LogP contribution in [0.4, 0.5) is 13.2 Å². The van der Waals surface area contributed by atoms with Crippen LogP contribution >= 0.6 is 0 Å². The van der Waals surface area contributed by atoms with E-state index in [1.165, 1.54) is 0 Å². The van der Waals surface area contributed by atoms with Crippen molar-refractivity contribution >= 4 is 23.0 Å². The number of nitriles is 1. The molecule has 0 saturated carbocycles.